The molecule has 0 amide bonds. The van der Waals surface area contributed by atoms with Gasteiger partial charge in [-0.3, -0.25) is 9.69 Å². The van der Waals surface area contributed by atoms with Crippen LogP contribution in [0.1, 0.15) is 24.8 Å². The van der Waals surface area contributed by atoms with E-state index < -0.39 is 15.8 Å². The molecule has 0 bridgehead atoms. The molecule has 1 aromatic rings. The smallest absolute Gasteiger partial charge is 0.303 e. The summed E-state index contributed by atoms with van der Waals surface area (Å²) in [5.41, 5.74) is 1.12. The highest BCUT2D eigenvalue weighted by Gasteiger charge is 2.32. The molecule has 0 saturated carbocycles. The molecule has 0 unspecified atom stereocenters. The van der Waals surface area contributed by atoms with Crippen molar-refractivity contribution in [3.05, 3.63) is 35.9 Å². The van der Waals surface area contributed by atoms with Crippen molar-refractivity contribution >= 4 is 15.8 Å². The first kappa shape index (κ1) is 16.0. The molecule has 0 spiro atoms. The van der Waals surface area contributed by atoms with Crippen LogP contribution in [0.5, 0.6) is 0 Å². The van der Waals surface area contributed by atoms with E-state index in [1.54, 1.807) is 0 Å². The minimum absolute atomic E-state index is 0.00370. The van der Waals surface area contributed by atoms with Gasteiger partial charge in [-0.1, -0.05) is 30.3 Å². The number of carboxylic acids is 1. The summed E-state index contributed by atoms with van der Waals surface area (Å²) in [5.74, 6) is -0.386. The van der Waals surface area contributed by atoms with Gasteiger partial charge in [-0.25, -0.2) is 8.42 Å². The predicted octanol–water partition coefficient (Wildman–Crippen LogP) is 1.54. The van der Waals surface area contributed by atoms with Crippen molar-refractivity contribution in [3.8, 4) is 0 Å². The molecule has 1 aromatic carbocycles. The van der Waals surface area contributed by atoms with E-state index in [2.05, 4.69) is 4.90 Å². The standard InChI is InChI=1S/C15H21NO4S/c17-15(18)7-4-9-16(11-13-5-2-1-3-6-13)14-8-10-21(19,20)12-14/h1-3,5-6,14H,4,7-12H2,(H,17,18)/t14-/m1/s1. The molecule has 1 saturated heterocycles. The summed E-state index contributed by atoms with van der Waals surface area (Å²) in [4.78, 5) is 12.8. The van der Waals surface area contributed by atoms with Gasteiger partial charge in [-0.2, -0.15) is 0 Å². The maximum Gasteiger partial charge on any atom is 0.303 e. The molecular formula is C15H21NO4S. The van der Waals surface area contributed by atoms with Crippen LogP contribution in [0.25, 0.3) is 0 Å². The second kappa shape index (κ2) is 7.04. The number of benzene rings is 1. The number of aliphatic carboxylic acids is 1. The van der Waals surface area contributed by atoms with E-state index in [1.165, 1.54) is 0 Å². The maximum atomic E-state index is 11.7. The highest BCUT2D eigenvalue weighted by Crippen LogP contribution is 2.20. The van der Waals surface area contributed by atoms with Gasteiger partial charge in [0.2, 0.25) is 0 Å². The van der Waals surface area contributed by atoms with Crippen LogP contribution in [0.2, 0.25) is 0 Å². The lowest BCUT2D eigenvalue weighted by Crippen LogP contribution is -2.36. The molecule has 5 nitrogen and oxygen atoms in total. The quantitative estimate of drug-likeness (QED) is 0.827. The van der Waals surface area contributed by atoms with Crippen LogP contribution in [0.4, 0.5) is 0 Å². The Morgan fingerprint density at radius 3 is 2.57 bits per heavy atom. The third-order valence-corrected chi connectivity index (χ3v) is 5.54. The molecule has 116 valence electrons. The van der Waals surface area contributed by atoms with Gasteiger partial charge < -0.3 is 5.11 Å². The third kappa shape index (κ3) is 5.13. The third-order valence-electron chi connectivity index (χ3n) is 3.79. The van der Waals surface area contributed by atoms with E-state index in [0.717, 1.165) is 5.56 Å². The zero-order valence-electron chi connectivity index (χ0n) is 11.9. The summed E-state index contributed by atoms with van der Waals surface area (Å²) in [7, 11) is -2.93. The molecule has 1 aliphatic rings. The highest BCUT2D eigenvalue weighted by atomic mass is 32.2. The van der Waals surface area contributed by atoms with Gasteiger partial charge >= 0.3 is 5.97 Å². The maximum absolute atomic E-state index is 11.7. The average Bonchev–Trinajstić information content (AvgIpc) is 2.79. The Bertz CT molecular complexity index is 571. The first-order valence-electron chi connectivity index (χ1n) is 7.16. The van der Waals surface area contributed by atoms with Gasteiger partial charge in [-0.05, 0) is 24.9 Å². The molecule has 2 rings (SSSR count). The fourth-order valence-corrected chi connectivity index (χ4v) is 4.47. The molecule has 1 N–H and O–H groups in total. The molecular weight excluding hydrogens is 290 g/mol. The Morgan fingerprint density at radius 1 is 1.29 bits per heavy atom. The molecule has 1 fully saturated rings. The molecule has 0 aromatic heterocycles. The number of sulfone groups is 1. The van der Waals surface area contributed by atoms with Crippen LogP contribution < -0.4 is 0 Å². The second-order valence-electron chi connectivity index (χ2n) is 5.51. The summed E-state index contributed by atoms with van der Waals surface area (Å²) in [5, 5.41) is 8.75. The Hall–Kier alpha value is -1.40. The van der Waals surface area contributed by atoms with Crippen molar-refractivity contribution in [3.63, 3.8) is 0 Å². The van der Waals surface area contributed by atoms with Crippen molar-refractivity contribution < 1.29 is 18.3 Å². The van der Waals surface area contributed by atoms with Crippen molar-refractivity contribution in [1.29, 1.82) is 0 Å². The summed E-state index contributed by atoms with van der Waals surface area (Å²) < 4.78 is 23.3. The first-order valence-corrected chi connectivity index (χ1v) is 8.98. The van der Waals surface area contributed by atoms with Crippen molar-refractivity contribution in [2.45, 2.75) is 31.8 Å². The number of carboxylic acid groups (broad SMARTS) is 1. The largest absolute Gasteiger partial charge is 0.481 e. The predicted molar refractivity (Wildman–Crippen MR) is 80.8 cm³/mol. The molecule has 6 heteroatoms. The Labute approximate surface area is 125 Å². The minimum atomic E-state index is -2.93. The fourth-order valence-electron chi connectivity index (χ4n) is 2.71. The van der Waals surface area contributed by atoms with Crippen LogP contribution in [0.3, 0.4) is 0 Å². The van der Waals surface area contributed by atoms with Gasteiger partial charge in [0.25, 0.3) is 0 Å². The number of nitrogens with zero attached hydrogens (tertiary/aromatic N) is 1. The molecule has 1 aliphatic heterocycles. The molecule has 21 heavy (non-hydrogen) atoms. The SMILES string of the molecule is O=C(O)CCCN(Cc1ccccc1)[C@@H]1CCS(=O)(=O)C1. The Balaban J connectivity index is 2.01. The van der Waals surface area contributed by atoms with Gasteiger partial charge in [0.1, 0.15) is 0 Å². The number of hydrogen-bond acceptors (Lipinski definition) is 4. The van der Waals surface area contributed by atoms with Gasteiger partial charge in [-0.15, -0.1) is 0 Å². The summed E-state index contributed by atoms with van der Waals surface area (Å²) in [6, 6.07) is 9.87. The zero-order valence-corrected chi connectivity index (χ0v) is 12.8. The number of carbonyl (C=O) groups is 1. The van der Waals surface area contributed by atoms with Crippen molar-refractivity contribution in [1.82, 2.24) is 4.90 Å². The lowest BCUT2D eigenvalue weighted by atomic mass is 10.1. The Kier molecular flexibility index (Phi) is 5.36. The molecule has 1 atom stereocenters. The van der Waals surface area contributed by atoms with Crippen LogP contribution in [0, 0.1) is 0 Å². The normalized spacial score (nSPS) is 20.7. The number of hydrogen-bond donors (Lipinski definition) is 1. The molecule has 1 heterocycles. The lowest BCUT2D eigenvalue weighted by Gasteiger charge is -2.28. The monoisotopic (exact) mass is 311 g/mol. The fraction of sp³-hybridized carbons (Fsp3) is 0.533. The van der Waals surface area contributed by atoms with E-state index in [9.17, 15) is 13.2 Å². The summed E-state index contributed by atoms with van der Waals surface area (Å²) in [6.45, 7) is 1.28. The van der Waals surface area contributed by atoms with Crippen molar-refractivity contribution in [2.75, 3.05) is 18.1 Å². The molecule has 0 radical (unpaired) electrons. The van der Waals surface area contributed by atoms with Crippen molar-refractivity contribution in [2.24, 2.45) is 0 Å². The van der Waals surface area contributed by atoms with E-state index in [-0.39, 0.29) is 24.0 Å². The minimum Gasteiger partial charge on any atom is -0.481 e. The summed E-state index contributed by atoms with van der Waals surface area (Å²) >= 11 is 0. The van der Waals surface area contributed by atoms with Gasteiger partial charge in [0.05, 0.1) is 11.5 Å². The van der Waals surface area contributed by atoms with E-state index in [0.29, 0.717) is 25.9 Å². The van der Waals surface area contributed by atoms with E-state index in [4.69, 9.17) is 5.11 Å². The zero-order chi connectivity index (χ0) is 15.3. The van der Waals surface area contributed by atoms with Crippen LogP contribution in [-0.2, 0) is 21.2 Å². The topological polar surface area (TPSA) is 74.7 Å². The van der Waals surface area contributed by atoms with E-state index >= 15 is 0 Å². The summed E-state index contributed by atoms with van der Waals surface area (Å²) in [6.07, 6.45) is 1.30. The van der Waals surface area contributed by atoms with Crippen LogP contribution >= 0.6 is 0 Å². The average molecular weight is 311 g/mol. The number of rotatable bonds is 7. The second-order valence-corrected chi connectivity index (χ2v) is 7.74. The first-order chi connectivity index (χ1) is 9.96. The van der Waals surface area contributed by atoms with Gasteiger partial charge in [0.15, 0.2) is 9.84 Å². The highest BCUT2D eigenvalue weighted by molar-refractivity contribution is 7.91. The van der Waals surface area contributed by atoms with Gasteiger partial charge in [0, 0.05) is 19.0 Å². The van der Waals surface area contributed by atoms with Crippen LogP contribution in [-0.4, -0.2) is 48.5 Å². The van der Waals surface area contributed by atoms with E-state index in [1.807, 2.05) is 30.3 Å². The molecule has 0 aliphatic carbocycles. The van der Waals surface area contributed by atoms with Crippen LogP contribution in [0.15, 0.2) is 30.3 Å². The Morgan fingerprint density at radius 2 is 2.00 bits per heavy atom. The lowest BCUT2D eigenvalue weighted by molar-refractivity contribution is -0.137.